The van der Waals surface area contributed by atoms with Gasteiger partial charge in [0.25, 0.3) is 0 Å². The lowest BCUT2D eigenvalue weighted by molar-refractivity contribution is -0.121. The molecular formula is C13H12N2O3. The summed E-state index contributed by atoms with van der Waals surface area (Å²) < 4.78 is 10.8. The molecule has 0 unspecified atom stereocenters. The second kappa shape index (κ2) is 5.23. The van der Waals surface area contributed by atoms with E-state index in [0.29, 0.717) is 11.3 Å². The number of amides is 1. The zero-order chi connectivity index (χ0) is 13.0. The van der Waals surface area contributed by atoms with Crippen molar-refractivity contribution in [3.8, 4) is 11.8 Å². The molecule has 1 aromatic heterocycles. The highest BCUT2D eigenvalue weighted by Gasteiger charge is 2.15. The highest BCUT2D eigenvalue weighted by atomic mass is 16.5. The van der Waals surface area contributed by atoms with Crippen LogP contribution in [0.2, 0.25) is 0 Å². The standard InChI is InChI=1S/C13H12N2O3/c1-15-12(16)6-7-17-13-9-4-2-3-5-10(9)18-11(13)8-14/h2-5H,6-7H2,1H3,(H,15,16). The van der Waals surface area contributed by atoms with Gasteiger partial charge < -0.3 is 14.5 Å². The molecule has 5 heteroatoms. The van der Waals surface area contributed by atoms with Crippen molar-refractivity contribution in [2.75, 3.05) is 13.7 Å². The summed E-state index contributed by atoms with van der Waals surface area (Å²) in [7, 11) is 1.57. The zero-order valence-corrected chi connectivity index (χ0v) is 9.90. The average Bonchev–Trinajstić information content (AvgIpc) is 2.77. The molecule has 1 amide bonds. The highest BCUT2D eigenvalue weighted by molar-refractivity contribution is 5.86. The monoisotopic (exact) mass is 244 g/mol. The highest BCUT2D eigenvalue weighted by Crippen LogP contribution is 2.32. The van der Waals surface area contributed by atoms with Gasteiger partial charge in [-0.05, 0) is 12.1 Å². The van der Waals surface area contributed by atoms with E-state index in [1.807, 2.05) is 24.3 Å². The number of carbonyl (C=O) groups excluding carboxylic acids is 1. The molecule has 0 bridgehead atoms. The maximum Gasteiger partial charge on any atom is 0.246 e. The van der Waals surface area contributed by atoms with E-state index in [2.05, 4.69) is 5.32 Å². The third-order valence-electron chi connectivity index (χ3n) is 2.51. The second-order valence-electron chi connectivity index (χ2n) is 3.64. The Morgan fingerprint density at radius 2 is 2.28 bits per heavy atom. The fourth-order valence-corrected chi connectivity index (χ4v) is 1.61. The molecule has 0 aliphatic heterocycles. The molecule has 1 aromatic carbocycles. The van der Waals surface area contributed by atoms with Gasteiger partial charge in [-0.3, -0.25) is 4.79 Å². The number of benzene rings is 1. The number of nitrogens with one attached hydrogen (secondary N) is 1. The Bertz CT molecular complexity index is 610. The smallest absolute Gasteiger partial charge is 0.246 e. The van der Waals surface area contributed by atoms with Crippen LogP contribution in [0.5, 0.6) is 5.75 Å². The van der Waals surface area contributed by atoms with E-state index in [-0.39, 0.29) is 24.7 Å². The van der Waals surface area contributed by atoms with Gasteiger partial charge >= 0.3 is 0 Å². The van der Waals surface area contributed by atoms with Gasteiger partial charge in [-0.25, -0.2) is 0 Å². The summed E-state index contributed by atoms with van der Waals surface area (Å²) in [6.45, 7) is 0.206. The maximum atomic E-state index is 11.1. The Kier molecular flexibility index (Phi) is 3.49. The maximum absolute atomic E-state index is 11.1. The molecule has 0 aliphatic carbocycles. The Labute approximate surface area is 104 Å². The summed E-state index contributed by atoms with van der Waals surface area (Å²) in [5, 5.41) is 12.2. The first kappa shape index (κ1) is 12.0. The predicted octanol–water partition coefficient (Wildman–Crippen LogP) is 1.82. The van der Waals surface area contributed by atoms with Gasteiger partial charge in [0.05, 0.1) is 18.4 Å². The van der Waals surface area contributed by atoms with Gasteiger partial charge in [-0.15, -0.1) is 0 Å². The molecule has 1 heterocycles. The molecule has 18 heavy (non-hydrogen) atoms. The van der Waals surface area contributed by atoms with Gasteiger partial charge in [-0.1, -0.05) is 12.1 Å². The fourth-order valence-electron chi connectivity index (χ4n) is 1.61. The van der Waals surface area contributed by atoms with Crippen molar-refractivity contribution in [3.05, 3.63) is 30.0 Å². The summed E-state index contributed by atoms with van der Waals surface area (Å²) in [6.07, 6.45) is 0.237. The number of hydrogen-bond donors (Lipinski definition) is 1. The molecule has 5 nitrogen and oxygen atoms in total. The minimum atomic E-state index is -0.110. The molecule has 0 aliphatic rings. The number of fused-ring (bicyclic) bond motifs is 1. The first-order valence-corrected chi connectivity index (χ1v) is 5.51. The molecule has 0 atom stereocenters. The molecule has 0 saturated carbocycles. The van der Waals surface area contributed by atoms with Crippen LogP contribution in [0.15, 0.2) is 28.7 Å². The first-order chi connectivity index (χ1) is 8.76. The summed E-state index contributed by atoms with van der Waals surface area (Å²) in [5.41, 5.74) is 0.601. The SMILES string of the molecule is CNC(=O)CCOc1c(C#N)oc2ccccc12. The van der Waals surface area contributed by atoms with Crippen LogP contribution in [-0.4, -0.2) is 19.6 Å². The summed E-state index contributed by atoms with van der Waals surface area (Å²) in [5.74, 6) is 0.423. The average molecular weight is 244 g/mol. The number of nitriles is 1. The fraction of sp³-hybridized carbons (Fsp3) is 0.231. The minimum absolute atomic E-state index is 0.110. The van der Waals surface area contributed by atoms with Gasteiger partial charge in [0, 0.05) is 7.05 Å². The largest absolute Gasteiger partial charge is 0.488 e. The Morgan fingerprint density at radius 1 is 1.50 bits per heavy atom. The van der Waals surface area contributed by atoms with E-state index in [4.69, 9.17) is 14.4 Å². The van der Waals surface area contributed by atoms with E-state index in [0.717, 1.165) is 5.39 Å². The van der Waals surface area contributed by atoms with Crippen molar-refractivity contribution in [1.29, 1.82) is 5.26 Å². The molecular weight excluding hydrogens is 232 g/mol. The van der Waals surface area contributed by atoms with E-state index >= 15 is 0 Å². The minimum Gasteiger partial charge on any atom is -0.488 e. The molecule has 2 rings (SSSR count). The van der Waals surface area contributed by atoms with Gasteiger partial charge in [0.1, 0.15) is 11.7 Å². The number of nitrogens with zero attached hydrogens (tertiary/aromatic N) is 1. The Balaban J connectivity index is 2.21. The number of carbonyl (C=O) groups is 1. The van der Waals surface area contributed by atoms with Crippen molar-refractivity contribution in [1.82, 2.24) is 5.32 Å². The summed E-state index contributed by atoms with van der Waals surface area (Å²) in [4.78, 5) is 11.1. The zero-order valence-electron chi connectivity index (χ0n) is 9.90. The number of ether oxygens (including phenoxy) is 1. The normalized spacial score (nSPS) is 10.0. The van der Waals surface area contributed by atoms with E-state index in [1.165, 1.54) is 0 Å². The van der Waals surface area contributed by atoms with Crippen LogP contribution < -0.4 is 10.1 Å². The third-order valence-corrected chi connectivity index (χ3v) is 2.51. The van der Waals surface area contributed by atoms with Gasteiger partial charge in [0.2, 0.25) is 11.7 Å². The summed E-state index contributed by atoms with van der Waals surface area (Å²) in [6, 6.07) is 9.18. The molecule has 0 fully saturated rings. The van der Waals surface area contributed by atoms with Crippen LogP contribution in [-0.2, 0) is 4.79 Å². The van der Waals surface area contributed by atoms with Crippen LogP contribution in [0.3, 0.4) is 0 Å². The number of hydrogen-bond acceptors (Lipinski definition) is 4. The molecule has 2 aromatic rings. The first-order valence-electron chi connectivity index (χ1n) is 5.51. The van der Waals surface area contributed by atoms with Gasteiger partial charge in [0.15, 0.2) is 5.75 Å². The Hall–Kier alpha value is -2.48. The molecule has 1 N–H and O–H groups in total. The molecule has 92 valence electrons. The summed E-state index contributed by atoms with van der Waals surface area (Å²) >= 11 is 0. The lowest BCUT2D eigenvalue weighted by atomic mass is 10.2. The van der Waals surface area contributed by atoms with Crippen molar-refractivity contribution >= 4 is 16.9 Å². The van der Waals surface area contributed by atoms with E-state index < -0.39 is 0 Å². The van der Waals surface area contributed by atoms with Crippen LogP contribution in [0.25, 0.3) is 11.0 Å². The number of rotatable bonds is 4. The second-order valence-corrected chi connectivity index (χ2v) is 3.64. The van der Waals surface area contributed by atoms with Gasteiger partial charge in [-0.2, -0.15) is 5.26 Å². The lowest BCUT2D eigenvalue weighted by Gasteiger charge is -2.03. The van der Waals surface area contributed by atoms with E-state index in [9.17, 15) is 4.79 Å². The van der Waals surface area contributed by atoms with Crippen LogP contribution in [0.1, 0.15) is 12.2 Å². The number of para-hydroxylation sites is 1. The van der Waals surface area contributed by atoms with Crippen molar-refractivity contribution in [3.63, 3.8) is 0 Å². The molecule has 0 radical (unpaired) electrons. The van der Waals surface area contributed by atoms with E-state index in [1.54, 1.807) is 13.1 Å². The topological polar surface area (TPSA) is 75.3 Å². The molecule has 0 saturated heterocycles. The predicted molar refractivity (Wildman–Crippen MR) is 65.1 cm³/mol. The quantitative estimate of drug-likeness (QED) is 0.890. The van der Waals surface area contributed by atoms with Crippen molar-refractivity contribution < 1.29 is 13.9 Å². The van der Waals surface area contributed by atoms with Crippen molar-refractivity contribution in [2.24, 2.45) is 0 Å². The van der Waals surface area contributed by atoms with Crippen molar-refractivity contribution in [2.45, 2.75) is 6.42 Å². The Morgan fingerprint density at radius 3 is 3.00 bits per heavy atom. The molecule has 0 spiro atoms. The third kappa shape index (κ3) is 2.28. The number of furan rings is 1. The van der Waals surface area contributed by atoms with Crippen LogP contribution >= 0.6 is 0 Å². The van der Waals surface area contributed by atoms with Crippen LogP contribution in [0.4, 0.5) is 0 Å². The lowest BCUT2D eigenvalue weighted by Crippen LogP contribution is -2.20. The van der Waals surface area contributed by atoms with Crippen LogP contribution in [0, 0.1) is 11.3 Å².